The van der Waals surface area contributed by atoms with Gasteiger partial charge in [0.15, 0.2) is 0 Å². The van der Waals surface area contributed by atoms with Gasteiger partial charge in [-0.05, 0) is 0 Å². The maximum absolute atomic E-state index is 12.2. The van der Waals surface area contributed by atoms with Gasteiger partial charge in [0.2, 0.25) is 0 Å². The lowest BCUT2D eigenvalue weighted by Gasteiger charge is -2.05. The molecule has 76 valence electrons. The van der Waals surface area contributed by atoms with E-state index in [-0.39, 0.29) is 0 Å². The number of rotatable bonds is 2. The van der Waals surface area contributed by atoms with Crippen LogP contribution in [0.1, 0.15) is 22.3 Å². The number of carboxylic acid groups (broad SMARTS) is 1. The minimum Gasteiger partial charge on any atom is -0.477 e. The topological polar surface area (TPSA) is 96.2 Å². The SMILES string of the molecule is Nc1c(C(F)F)c[nH]c(=O)c1C(=O)O. The van der Waals surface area contributed by atoms with E-state index in [0.29, 0.717) is 6.20 Å². The second kappa shape index (κ2) is 3.44. The van der Waals surface area contributed by atoms with Crippen LogP contribution in [-0.2, 0) is 0 Å². The van der Waals surface area contributed by atoms with E-state index >= 15 is 0 Å². The first-order chi connectivity index (χ1) is 6.45. The van der Waals surface area contributed by atoms with E-state index in [4.69, 9.17) is 10.8 Å². The van der Waals surface area contributed by atoms with Gasteiger partial charge in [-0.25, -0.2) is 13.6 Å². The van der Waals surface area contributed by atoms with E-state index in [2.05, 4.69) is 0 Å². The number of nitrogen functional groups attached to an aromatic ring is 1. The Kier molecular flexibility index (Phi) is 2.50. The maximum Gasteiger partial charge on any atom is 0.343 e. The van der Waals surface area contributed by atoms with Gasteiger partial charge in [0.25, 0.3) is 12.0 Å². The first-order valence-corrected chi connectivity index (χ1v) is 3.47. The molecular formula is C7H6F2N2O3. The number of anilines is 1. The highest BCUT2D eigenvalue weighted by molar-refractivity contribution is 5.93. The van der Waals surface area contributed by atoms with Crippen LogP contribution in [-0.4, -0.2) is 16.1 Å². The number of alkyl halides is 2. The molecule has 1 heterocycles. The molecule has 0 radical (unpaired) electrons. The molecule has 0 atom stereocenters. The number of H-pyrrole nitrogens is 1. The largest absolute Gasteiger partial charge is 0.477 e. The summed E-state index contributed by atoms with van der Waals surface area (Å²) >= 11 is 0. The Bertz CT molecular complexity index is 427. The molecule has 4 N–H and O–H groups in total. The van der Waals surface area contributed by atoms with Gasteiger partial charge in [0.1, 0.15) is 5.56 Å². The fraction of sp³-hybridized carbons (Fsp3) is 0.143. The van der Waals surface area contributed by atoms with Crippen molar-refractivity contribution in [1.82, 2.24) is 4.98 Å². The van der Waals surface area contributed by atoms with Gasteiger partial charge in [-0.1, -0.05) is 0 Å². The van der Waals surface area contributed by atoms with Crippen LogP contribution in [0.2, 0.25) is 0 Å². The molecule has 0 aliphatic rings. The van der Waals surface area contributed by atoms with Crippen molar-refractivity contribution < 1.29 is 18.7 Å². The fourth-order valence-corrected chi connectivity index (χ4v) is 0.953. The number of pyridine rings is 1. The Morgan fingerprint density at radius 2 is 2.14 bits per heavy atom. The van der Waals surface area contributed by atoms with Crippen molar-refractivity contribution in [2.45, 2.75) is 6.43 Å². The smallest absolute Gasteiger partial charge is 0.343 e. The van der Waals surface area contributed by atoms with E-state index < -0.39 is 34.8 Å². The Balaban J connectivity index is 3.49. The van der Waals surface area contributed by atoms with Crippen LogP contribution < -0.4 is 11.3 Å². The van der Waals surface area contributed by atoms with E-state index in [1.165, 1.54) is 0 Å². The molecule has 0 spiro atoms. The quantitative estimate of drug-likeness (QED) is 0.656. The van der Waals surface area contributed by atoms with Gasteiger partial charge in [-0.2, -0.15) is 0 Å². The van der Waals surface area contributed by atoms with Gasteiger partial charge < -0.3 is 15.8 Å². The number of aromatic carboxylic acids is 1. The van der Waals surface area contributed by atoms with E-state index in [0.717, 1.165) is 0 Å². The molecule has 0 unspecified atom stereocenters. The van der Waals surface area contributed by atoms with Gasteiger partial charge in [0.05, 0.1) is 11.3 Å². The van der Waals surface area contributed by atoms with Crippen LogP contribution in [0.15, 0.2) is 11.0 Å². The van der Waals surface area contributed by atoms with Gasteiger partial charge >= 0.3 is 5.97 Å². The first-order valence-electron chi connectivity index (χ1n) is 3.47. The van der Waals surface area contributed by atoms with Crippen molar-refractivity contribution in [2.75, 3.05) is 5.73 Å². The third-order valence-corrected chi connectivity index (χ3v) is 1.62. The minimum atomic E-state index is -2.93. The lowest BCUT2D eigenvalue weighted by Crippen LogP contribution is -2.21. The molecule has 0 aromatic carbocycles. The van der Waals surface area contributed by atoms with Crippen molar-refractivity contribution in [1.29, 1.82) is 0 Å². The molecule has 0 saturated carbocycles. The van der Waals surface area contributed by atoms with Crippen LogP contribution in [0.4, 0.5) is 14.5 Å². The molecule has 0 fully saturated rings. The lowest BCUT2D eigenvalue weighted by molar-refractivity contribution is 0.0695. The third kappa shape index (κ3) is 1.56. The zero-order valence-corrected chi connectivity index (χ0v) is 6.75. The minimum absolute atomic E-state index is 0.693. The maximum atomic E-state index is 12.2. The molecule has 5 nitrogen and oxygen atoms in total. The molecule has 1 aromatic rings. The number of nitrogens with two attached hydrogens (primary N) is 1. The normalized spacial score (nSPS) is 10.5. The Hall–Kier alpha value is -1.92. The molecule has 14 heavy (non-hydrogen) atoms. The van der Waals surface area contributed by atoms with Crippen molar-refractivity contribution in [3.8, 4) is 0 Å². The molecule has 0 aliphatic carbocycles. The summed E-state index contributed by atoms with van der Waals surface area (Å²) in [7, 11) is 0. The average molecular weight is 204 g/mol. The van der Waals surface area contributed by atoms with Gasteiger partial charge in [0, 0.05) is 6.20 Å². The first kappa shape index (κ1) is 10.2. The van der Waals surface area contributed by atoms with Crippen molar-refractivity contribution in [3.05, 3.63) is 27.7 Å². The number of carbonyl (C=O) groups is 1. The molecule has 1 rings (SSSR count). The molecule has 0 saturated heterocycles. The Morgan fingerprint density at radius 1 is 1.57 bits per heavy atom. The summed E-state index contributed by atoms with van der Waals surface area (Å²) in [6.45, 7) is 0. The Morgan fingerprint density at radius 3 is 2.57 bits per heavy atom. The highest BCUT2D eigenvalue weighted by atomic mass is 19.3. The van der Waals surface area contributed by atoms with E-state index in [9.17, 15) is 18.4 Å². The van der Waals surface area contributed by atoms with Crippen LogP contribution in [0, 0.1) is 0 Å². The van der Waals surface area contributed by atoms with Crippen molar-refractivity contribution in [2.24, 2.45) is 0 Å². The van der Waals surface area contributed by atoms with Crippen LogP contribution >= 0.6 is 0 Å². The lowest BCUT2D eigenvalue weighted by atomic mass is 10.1. The van der Waals surface area contributed by atoms with Gasteiger partial charge in [-0.3, -0.25) is 4.79 Å². The van der Waals surface area contributed by atoms with E-state index in [1.807, 2.05) is 4.98 Å². The number of aromatic nitrogens is 1. The molecule has 0 amide bonds. The average Bonchev–Trinajstić information content (AvgIpc) is 2.02. The zero-order valence-electron chi connectivity index (χ0n) is 6.75. The predicted molar refractivity (Wildman–Crippen MR) is 43.4 cm³/mol. The highest BCUT2D eigenvalue weighted by Crippen LogP contribution is 2.24. The summed E-state index contributed by atoms with van der Waals surface area (Å²) in [5.74, 6) is -1.63. The second-order valence-corrected chi connectivity index (χ2v) is 2.47. The summed E-state index contributed by atoms with van der Waals surface area (Å²) in [5, 5.41) is 8.51. The van der Waals surface area contributed by atoms with Crippen LogP contribution in [0.25, 0.3) is 0 Å². The zero-order chi connectivity index (χ0) is 10.9. The summed E-state index contributed by atoms with van der Waals surface area (Å²) in [5.41, 5.74) is 1.86. The molecule has 0 aliphatic heterocycles. The van der Waals surface area contributed by atoms with Crippen LogP contribution in [0.5, 0.6) is 0 Å². The summed E-state index contributed by atoms with van der Waals surface area (Å²) in [6.07, 6.45) is -2.22. The monoisotopic (exact) mass is 204 g/mol. The fourth-order valence-electron chi connectivity index (χ4n) is 0.953. The summed E-state index contributed by atoms with van der Waals surface area (Å²) < 4.78 is 24.4. The molecular weight excluding hydrogens is 198 g/mol. The standard InChI is InChI=1S/C7H6F2N2O3/c8-5(9)2-1-11-6(12)3(4(2)10)7(13)14/h1,5H,(H,13,14)(H3,10,11,12). The number of nitrogens with one attached hydrogen (secondary N) is 1. The number of carboxylic acids is 1. The molecule has 1 aromatic heterocycles. The number of hydrogen-bond donors (Lipinski definition) is 3. The molecule has 7 heteroatoms. The van der Waals surface area contributed by atoms with Crippen LogP contribution in [0.3, 0.4) is 0 Å². The van der Waals surface area contributed by atoms with Gasteiger partial charge in [-0.15, -0.1) is 0 Å². The summed E-state index contributed by atoms with van der Waals surface area (Å²) in [4.78, 5) is 23.2. The predicted octanol–water partition coefficient (Wildman–Crippen LogP) is 0.593. The third-order valence-electron chi connectivity index (χ3n) is 1.62. The number of hydrogen-bond acceptors (Lipinski definition) is 3. The number of aromatic amines is 1. The van der Waals surface area contributed by atoms with Crippen molar-refractivity contribution in [3.63, 3.8) is 0 Å². The highest BCUT2D eigenvalue weighted by Gasteiger charge is 2.20. The second-order valence-electron chi connectivity index (χ2n) is 2.47. The number of halogens is 2. The van der Waals surface area contributed by atoms with E-state index in [1.54, 1.807) is 0 Å². The molecule has 0 bridgehead atoms. The van der Waals surface area contributed by atoms with Crippen molar-refractivity contribution >= 4 is 11.7 Å². The summed E-state index contributed by atoms with van der Waals surface area (Å²) in [6, 6.07) is 0. The Labute approximate surface area is 76.2 Å².